The molecule has 102 valence electrons. The summed E-state index contributed by atoms with van der Waals surface area (Å²) in [5.74, 6) is -1.39. The zero-order valence-corrected chi connectivity index (χ0v) is 11.0. The van der Waals surface area contributed by atoms with Crippen LogP contribution in [0.25, 0.3) is 0 Å². The smallest absolute Gasteiger partial charge is 0.342 e. The zero-order chi connectivity index (χ0) is 13.0. The van der Waals surface area contributed by atoms with Crippen LogP contribution in [-0.2, 0) is 9.53 Å². The van der Waals surface area contributed by atoms with Crippen LogP contribution in [0.15, 0.2) is 18.2 Å². The first-order valence-corrected chi connectivity index (χ1v) is 5.29. The van der Waals surface area contributed by atoms with Gasteiger partial charge in [-0.15, -0.1) is 12.4 Å². The third-order valence-electron chi connectivity index (χ3n) is 2.39. The maximum absolute atomic E-state index is 13.6. The van der Waals surface area contributed by atoms with Gasteiger partial charge in [0.1, 0.15) is 5.82 Å². The van der Waals surface area contributed by atoms with E-state index in [1.165, 1.54) is 18.2 Å². The van der Waals surface area contributed by atoms with Crippen LogP contribution in [0, 0.1) is 12.7 Å². The Labute approximate surface area is 111 Å². The van der Waals surface area contributed by atoms with E-state index in [1.54, 1.807) is 13.8 Å². The zero-order valence-electron chi connectivity index (χ0n) is 10.2. The lowest BCUT2D eigenvalue weighted by atomic mass is 10.0. The number of aryl methyl sites for hydroxylation is 1. The molecule has 2 N–H and O–H groups in total. The Morgan fingerprint density at radius 3 is 2.61 bits per heavy atom. The fraction of sp³-hybridized carbons (Fsp3) is 0.417. The maximum Gasteiger partial charge on any atom is 0.342 e. The molecule has 1 aromatic carbocycles. The SMILES string of the molecule is CCOC(=O)C(F)[C@H](N)c1ccc(F)c(C)c1.Cl. The van der Waals surface area contributed by atoms with E-state index in [0.717, 1.165) is 0 Å². The number of esters is 1. The number of halogens is 3. The summed E-state index contributed by atoms with van der Waals surface area (Å²) in [6, 6.07) is 2.83. The van der Waals surface area contributed by atoms with Gasteiger partial charge in [0.05, 0.1) is 12.6 Å². The minimum atomic E-state index is -1.94. The van der Waals surface area contributed by atoms with Gasteiger partial charge < -0.3 is 10.5 Å². The van der Waals surface area contributed by atoms with Gasteiger partial charge in [-0.25, -0.2) is 13.6 Å². The van der Waals surface area contributed by atoms with Gasteiger partial charge in [-0.2, -0.15) is 0 Å². The van der Waals surface area contributed by atoms with Crippen LogP contribution in [0.2, 0.25) is 0 Å². The van der Waals surface area contributed by atoms with Crippen LogP contribution in [0.5, 0.6) is 0 Å². The highest BCUT2D eigenvalue weighted by molar-refractivity contribution is 5.85. The second-order valence-corrected chi connectivity index (χ2v) is 3.69. The Balaban J connectivity index is 0.00000289. The molecule has 0 aliphatic carbocycles. The summed E-state index contributed by atoms with van der Waals surface area (Å²) in [4.78, 5) is 11.2. The molecule has 0 radical (unpaired) electrons. The highest BCUT2D eigenvalue weighted by Crippen LogP contribution is 2.20. The van der Waals surface area contributed by atoms with E-state index in [4.69, 9.17) is 5.73 Å². The van der Waals surface area contributed by atoms with E-state index in [-0.39, 0.29) is 19.0 Å². The lowest BCUT2D eigenvalue weighted by Crippen LogP contribution is -2.31. The van der Waals surface area contributed by atoms with E-state index in [9.17, 15) is 13.6 Å². The summed E-state index contributed by atoms with van der Waals surface area (Å²) in [5, 5.41) is 0. The first-order chi connectivity index (χ1) is 7.97. The minimum Gasteiger partial charge on any atom is -0.464 e. The largest absolute Gasteiger partial charge is 0.464 e. The summed E-state index contributed by atoms with van der Waals surface area (Å²) >= 11 is 0. The number of hydrogen-bond donors (Lipinski definition) is 1. The van der Waals surface area contributed by atoms with Crippen LogP contribution in [0.1, 0.15) is 24.1 Å². The van der Waals surface area contributed by atoms with Gasteiger partial charge in [-0.05, 0) is 31.0 Å². The molecular weight excluding hydrogens is 264 g/mol. The van der Waals surface area contributed by atoms with E-state index < -0.39 is 24.0 Å². The number of nitrogens with two attached hydrogens (primary N) is 1. The summed E-state index contributed by atoms with van der Waals surface area (Å²) in [7, 11) is 0. The highest BCUT2D eigenvalue weighted by Gasteiger charge is 2.27. The standard InChI is InChI=1S/C12H15F2NO2.ClH/c1-3-17-12(16)10(14)11(15)8-4-5-9(13)7(2)6-8;/h4-6,10-11H,3,15H2,1-2H3;1H/t10?,11-;/m1./s1. The molecule has 0 saturated carbocycles. The van der Waals surface area contributed by atoms with Crippen LogP contribution in [0.3, 0.4) is 0 Å². The number of rotatable bonds is 4. The van der Waals surface area contributed by atoms with Crippen molar-refractivity contribution in [1.82, 2.24) is 0 Å². The minimum absolute atomic E-state index is 0. The van der Waals surface area contributed by atoms with Gasteiger partial charge in [-0.3, -0.25) is 0 Å². The molecule has 0 amide bonds. The van der Waals surface area contributed by atoms with Crippen molar-refractivity contribution in [2.45, 2.75) is 26.1 Å². The molecule has 0 fully saturated rings. The maximum atomic E-state index is 13.6. The van der Waals surface area contributed by atoms with Crippen molar-refractivity contribution in [1.29, 1.82) is 0 Å². The number of carbonyl (C=O) groups is 1. The third-order valence-corrected chi connectivity index (χ3v) is 2.39. The Morgan fingerprint density at radius 2 is 2.11 bits per heavy atom. The molecule has 3 nitrogen and oxygen atoms in total. The summed E-state index contributed by atoms with van der Waals surface area (Å²) < 4.78 is 31.2. The van der Waals surface area contributed by atoms with Crippen molar-refractivity contribution < 1.29 is 18.3 Å². The van der Waals surface area contributed by atoms with Gasteiger partial charge in [0.15, 0.2) is 0 Å². The average Bonchev–Trinajstić information content (AvgIpc) is 2.31. The molecule has 0 bridgehead atoms. The Bertz CT molecular complexity index is 415. The van der Waals surface area contributed by atoms with Gasteiger partial charge >= 0.3 is 5.97 Å². The predicted molar refractivity (Wildman–Crippen MR) is 66.8 cm³/mol. The van der Waals surface area contributed by atoms with Crippen LogP contribution >= 0.6 is 12.4 Å². The number of benzene rings is 1. The molecule has 0 spiro atoms. The van der Waals surface area contributed by atoms with Crippen LogP contribution < -0.4 is 5.73 Å². The topological polar surface area (TPSA) is 52.3 Å². The van der Waals surface area contributed by atoms with E-state index in [1.807, 2.05) is 0 Å². The molecule has 6 heteroatoms. The van der Waals surface area contributed by atoms with Crippen molar-refractivity contribution >= 4 is 18.4 Å². The molecule has 2 atom stereocenters. The number of alkyl halides is 1. The van der Waals surface area contributed by atoms with Crippen molar-refractivity contribution in [2.75, 3.05) is 6.61 Å². The molecule has 0 heterocycles. The molecule has 0 aliphatic heterocycles. The molecular formula is C12H16ClF2NO2. The van der Waals surface area contributed by atoms with Gasteiger partial charge in [0, 0.05) is 0 Å². The molecule has 0 aromatic heterocycles. The lowest BCUT2D eigenvalue weighted by Gasteiger charge is -2.16. The van der Waals surface area contributed by atoms with Crippen LogP contribution in [0.4, 0.5) is 8.78 Å². The van der Waals surface area contributed by atoms with E-state index in [0.29, 0.717) is 11.1 Å². The molecule has 1 aromatic rings. The first-order valence-electron chi connectivity index (χ1n) is 5.29. The van der Waals surface area contributed by atoms with Gasteiger partial charge in [0.2, 0.25) is 6.17 Å². The highest BCUT2D eigenvalue weighted by atomic mass is 35.5. The second-order valence-electron chi connectivity index (χ2n) is 3.69. The van der Waals surface area contributed by atoms with Gasteiger partial charge in [0.25, 0.3) is 0 Å². The van der Waals surface area contributed by atoms with Crippen LogP contribution in [-0.4, -0.2) is 18.7 Å². The average molecular weight is 280 g/mol. The van der Waals surface area contributed by atoms with Gasteiger partial charge in [-0.1, -0.05) is 12.1 Å². The number of hydrogen-bond acceptors (Lipinski definition) is 3. The van der Waals surface area contributed by atoms with Crippen molar-refractivity contribution in [3.05, 3.63) is 35.1 Å². The molecule has 1 rings (SSSR count). The van der Waals surface area contributed by atoms with Crippen molar-refractivity contribution in [3.8, 4) is 0 Å². The van der Waals surface area contributed by atoms with E-state index in [2.05, 4.69) is 4.74 Å². The Kier molecular flexibility index (Phi) is 6.80. The molecule has 18 heavy (non-hydrogen) atoms. The Morgan fingerprint density at radius 1 is 1.50 bits per heavy atom. The van der Waals surface area contributed by atoms with Crippen molar-refractivity contribution in [3.63, 3.8) is 0 Å². The third kappa shape index (κ3) is 3.92. The Hall–Kier alpha value is -1.20. The number of carbonyl (C=O) groups excluding carboxylic acids is 1. The molecule has 0 aliphatic rings. The quantitative estimate of drug-likeness (QED) is 0.862. The summed E-state index contributed by atoms with van der Waals surface area (Å²) in [5.41, 5.74) is 6.31. The lowest BCUT2D eigenvalue weighted by molar-refractivity contribution is -0.149. The monoisotopic (exact) mass is 279 g/mol. The van der Waals surface area contributed by atoms with E-state index >= 15 is 0 Å². The molecule has 1 unspecified atom stereocenters. The summed E-state index contributed by atoms with van der Waals surface area (Å²) in [6.07, 6.45) is -1.94. The second kappa shape index (κ2) is 7.28. The fourth-order valence-electron chi connectivity index (χ4n) is 1.41. The molecule has 0 saturated heterocycles. The number of ether oxygens (including phenoxy) is 1. The summed E-state index contributed by atoms with van der Waals surface area (Å²) in [6.45, 7) is 3.22. The first kappa shape index (κ1) is 16.8. The van der Waals surface area contributed by atoms with Crippen molar-refractivity contribution in [2.24, 2.45) is 5.73 Å². The predicted octanol–water partition coefficient (Wildman–Crippen LogP) is 2.46. The normalized spacial score (nSPS) is 13.4. The fourth-order valence-corrected chi connectivity index (χ4v) is 1.41.